The highest BCUT2D eigenvalue weighted by Gasteiger charge is 2.19. The van der Waals surface area contributed by atoms with Gasteiger partial charge in [-0.1, -0.05) is 52.7 Å². The van der Waals surface area contributed by atoms with E-state index in [1.54, 1.807) is 16.8 Å². The van der Waals surface area contributed by atoms with Crippen LogP contribution in [0.4, 0.5) is 0 Å². The van der Waals surface area contributed by atoms with Crippen LogP contribution >= 0.6 is 23.2 Å². The molecule has 9 heteroatoms. The molecule has 0 bridgehead atoms. The molecular formula is C23H16Cl2N6O. The molecule has 3 aromatic heterocycles. The summed E-state index contributed by atoms with van der Waals surface area (Å²) in [6.45, 7) is 0.400. The summed E-state index contributed by atoms with van der Waals surface area (Å²) in [7, 11) is 0. The van der Waals surface area contributed by atoms with Gasteiger partial charge in [-0.2, -0.15) is 0 Å². The van der Waals surface area contributed by atoms with E-state index in [-0.39, 0.29) is 5.56 Å². The van der Waals surface area contributed by atoms with Crippen molar-refractivity contribution in [1.29, 1.82) is 0 Å². The van der Waals surface area contributed by atoms with Crippen LogP contribution in [0.1, 0.15) is 15.9 Å². The molecule has 0 saturated heterocycles. The van der Waals surface area contributed by atoms with Crippen molar-refractivity contribution < 1.29 is 4.79 Å². The number of hydrogen-bond donors (Lipinski definition) is 1. The fourth-order valence-corrected chi connectivity index (χ4v) is 3.92. The van der Waals surface area contributed by atoms with E-state index in [4.69, 9.17) is 33.9 Å². The molecule has 0 aliphatic rings. The molecular weight excluding hydrogens is 447 g/mol. The van der Waals surface area contributed by atoms with E-state index in [0.29, 0.717) is 22.3 Å². The summed E-state index contributed by atoms with van der Waals surface area (Å²) in [5.41, 5.74) is 10.5. The number of halogens is 2. The highest BCUT2D eigenvalue weighted by atomic mass is 35.5. The lowest BCUT2D eigenvalue weighted by molar-refractivity contribution is 0.100. The van der Waals surface area contributed by atoms with Crippen molar-refractivity contribution >= 4 is 34.8 Å². The number of nitrogens with zero attached hydrogens (tertiary/aromatic N) is 5. The molecule has 0 radical (unpaired) electrons. The number of primary amides is 1. The van der Waals surface area contributed by atoms with Crippen molar-refractivity contribution in [2.24, 2.45) is 5.73 Å². The summed E-state index contributed by atoms with van der Waals surface area (Å²) in [4.78, 5) is 16.4. The van der Waals surface area contributed by atoms with Gasteiger partial charge in [-0.15, -0.1) is 5.10 Å². The van der Waals surface area contributed by atoms with Gasteiger partial charge < -0.3 is 5.73 Å². The first-order valence-electron chi connectivity index (χ1n) is 9.71. The second-order valence-corrected chi connectivity index (χ2v) is 8.07. The number of carbonyl (C=O) groups excluding carboxylic acids is 1. The van der Waals surface area contributed by atoms with Crippen LogP contribution in [0.15, 0.2) is 73.1 Å². The molecule has 3 heterocycles. The van der Waals surface area contributed by atoms with Gasteiger partial charge in [0.1, 0.15) is 17.0 Å². The minimum Gasteiger partial charge on any atom is -0.366 e. The second-order valence-electron chi connectivity index (χ2n) is 7.22. The standard InChI is InChI=1S/C23H16Cl2N6O/c24-16-7-5-15(6-8-16)21-22(31-10-2-1-3-20(31)27-21)19-13-30(29-28-19)12-14-4-9-18(25)17(11-14)23(26)32/h1-11,13H,12H2,(H2,26,32). The van der Waals surface area contributed by atoms with Crippen LogP contribution < -0.4 is 5.73 Å². The maximum absolute atomic E-state index is 11.6. The first-order valence-corrected chi connectivity index (χ1v) is 10.5. The van der Waals surface area contributed by atoms with Crippen molar-refractivity contribution in [3.8, 4) is 22.6 Å². The minimum atomic E-state index is -0.575. The number of amides is 1. The fraction of sp³-hybridized carbons (Fsp3) is 0.0435. The molecule has 32 heavy (non-hydrogen) atoms. The van der Waals surface area contributed by atoms with Gasteiger partial charge in [0, 0.05) is 16.8 Å². The van der Waals surface area contributed by atoms with Gasteiger partial charge in [-0.25, -0.2) is 9.67 Å². The number of hydrogen-bond acceptors (Lipinski definition) is 4. The van der Waals surface area contributed by atoms with Crippen LogP contribution in [0.2, 0.25) is 10.0 Å². The zero-order valence-electron chi connectivity index (χ0n) is 16.6. The van der Waals surface area contributed by atoms with Gasteiger partial charge in [0.15, 0.2) is 0 Å². The Hall–Kier alpha value is -3.68. The fourth-order valence-electron chi connectivity index (χ4n) is 3.58. The molecule has 0 spiro atoms. The molecule has 0 saturated carbocycles. The third-order valence-corrected chi connectivity index (χ3v) is 5.65. The minimum absolute atomic E-state index is 0.274. The summed E-state index contributed by atoms with van der Waals surface area (Å²) < 4.78 is 3.67. The van der Waals surface area contributed by atoms with E-state index < -0.39 is 5.91 Å². The van der Waals surface area contributed by atoms with Gasteiger partial charge in [-0.05, 0) is 42.0 Å². The zero-order chi connectivity index (χ0) is 22.2. The molecule has 2 N–H and O–H groups in total. The Morgan fingerprint density at radius 3 is 2.62 bits per heavy atom. The highest BCUT2D eigenvalue weighted by molar-refractivity contribution is 6.33. The monoisotopic (exact) mass is 462 g/mol. The Morgan fingerprint density at radius 2 is 1.84 bits per heavy atom. The number of fused-ring (bicyclic) bond motifs is 1. The Morgan fingerprint density at radius 1 is 1.03 bits per heavy atom. The van der Waals surface area contributed by atoms with Crippen molar-refractivity contribution in [3.05, 3.63) is 94.2 Å². The summed E-state index contributed by atoms with van der Waals surface area (Å²) in [6.07, 6.45) is 3.78. The lowest BCUT2D eigenvalue weighted by atomic mass is 10.1. The normalized spacial score (nSPS) is 11.2. The molecule has 7 nitrogen and oxygen atoms in total. The Bertz CT molecular complexity index is 1460. The molecule has 5 aromatic rings. The lowest BCUT2D eigenvalue weighted by Crippen LogP contribution is -2.12. The van der Waals surface area contributed by atoms with E-state index in [0.717, 1.165) is 28.2 Å². The number of nitrogens with two attached hydrogens (primary N) is 1. The number of aromatic nitrogens is 5. The maximum atomic E-state index is 11.6. The van der Waals surface area contributed by atoms with Crippen molar-refractivity contribution in [2.75, 3.05) is 0 Å². The van der Waals surface area contributed by atoms with Gasteiger partial charge in [0.2, 0.25) is 5.91 Å². The van der Waals surface area contributed by atoms with Crippen molar-refractivity contribution in [3.63, 3.8) is 0 Å². The highest BCUT2D eigenvalue weighted by Crippen LogP contribution is 2.32. The predicted octanol–water partition coefficient (Wildman–Crippen LogP) is 4.71. The average Bonchev–Trinajstić information content (AvgIpc) is 3.39. The smallest absolute Gasteiger partial charge is 0.250 e. The van der Waals surface area contributed by atoms with Gasteiger partial charge >= 0.3 is 0 Å². The average molecular weight is 463 g/mol. The molecule has 0 atom stereocenters. The number of rotatable bonds is 5. The molecule has 2 aromatic carbocycles. The molecule has 1 amide bonds. The third kappa shape index (κ3) is 3.72. The van der Waals surface area contributed by atoms with E-state index in [9.17, 15) is 4.79 Å². The first-order chi connectivity index (χ1) is 15.5. The lowest BCUT2D eigenvalue weighted by Gasteiger charge is -2.05. The van der Waals surface area contributed by atoms with Crippen LogP contribution in [0, 0.1) is 0 Å². The number of carbonyl (C=O) groups is 1. The predicted molar refractivity (Wildman–Crippen MR) is 124 cm³/mol. The molecule has 0 fully saturated rings. The zero-order valence-corrected chi connectivity index (χ0v) is 18.1. The van der Waals surface area contributed by atoms with Crippen LogP contribution in [-0.4, -0.2) is 30.3 Å². The van der Waals surface area contributed by atoms with Crippen molar-refractivity contribution in [2.45, 2.75) is 6.54 Å². The van der Waals surface area contributed by atoms with Crippen LogP contribution in [-0.2, 0) is 6.54 Å². The second kappa shape index (κ2) is 8.11. The number of imidazole rings is 1. The van der Waals surface area contributed by atoms with E-state index in [1.165, 1.54) is 0 Å². The quantitative estimate of drug-likeness (QED) is 0.409. The summed E-state index contributed by atoms with van der Waals surface area (Å²) >= 11 is 12.1. The van der Waals surface area contributed by atoms with Gasteiger partial charge in [-0.3, -0.25) is 9.20 Å². The van der Waals surface area contributed by atoms with Gasteiger partial charge in [0.25, 0.3) is 0 Å². The molecule has 0 aliphatic heterocycles. The van der Waals surface area contributed by atoms with E-state index in [2.05, 4.69) is 10.3 Å². The molecule has 158 valence electrons. The Labute approximate surface area is 193 Å². The molecule has 0 aliphatic carbocycles. The van der Waals surface area contributed by atoms with Crippen LogP contribution in [0.5, 0.6) is 0 Å². The van der Waals surface area contributed by atoms with Crippen LogP contribution in [0.3, 0.4) is 0 Å². The van der Waals surface area contributed by atoms with Gasteiger partial charge in [0.05, 0.1) is 29.0 Å². The topological polar surface area (TPSA) is 91.1 Å². The molecule has 5 rings (SSSR count). The SMILES string of the molecule is NC(=O)c1cc(Cn2cc(-c3c(-c4ccc(Cl)cc4)nc4ccccn34)nn2)ccc1Cl. The number of benzene rings is 2. The summed E-state index contributed by atoms with van der Waals surface area (Å²) in [5, 5.41) is 9.64. The third-order valence-electron chi connectivity index (χ3n) is 5.07. The van der Waals surface area contributed by atoms with Crippen LogP contribution in [0.25, 0.3) is 28.3 Å². The Balaban J connectivity index is 1.56. The summed E-state index contributed by atoms with van der Waals surface area (Å²) in [5.74, 6) is -0.575. The first kappa shape index (κ1) is 20.2. The molecule has 0 unspecified atom stereocenters. The number of pyridine rings is 1. The summed E-state index contributed by atoms with van der Waals surface area (Å²) in [6, 6.07) is 18.5. The van der Waals surface area contributed by atoms with Crippen molar-refractivity contribution in [1.82, 2.24) is 24.4 Å². The Kier molecular flexibility index (Phi) is 5.13. The maximum Gasteiger partial charge on any atom is 0.250 e. The largest absolute Gasteiger partial charge is 0.366 e. The van der Waals surface area contributed by atoms with E-state index >= 15 is 0 Å². The van der Waals surface area contributed by atoms with E-state index in [1.807, 2.05) is 65.3 Å².